The van der Waals surface area contributed by atoms with Crippen LogP contribution in [0.2, 0.25) is 10.0 Å². The van der Waals surface area contributed by atoms with Gasteiger partial charge in [0.25, 0.3) is 10.0 Å². The molecule has 0 spiro atoms. The summed E-state index contributed by atoms with van der Waals surface area (Å²) in [5.74, 6) is 0. The number of anilines is 1. The Bertz CT molecular complexity index is 1370. The molecule has 4 rings (SSSR count). The number of aromatic nitrogens is 1. The van der Waals surface area contributed by atoms with Crippen LogP contribution in [0.4, 0.5) is 5.69 Å². The van der Waals surface area contributed by atoms with Gasteiger partial charge in [0.1, 0.15) is 5.01 Å². The molecule has 0 unspecified atom stereocenters. The smallest absolute Gasteiger partial charge is 0.262 e. The van der Waals surface area contributed by atoms with Crippen LogP contribution in [-0.4, -0.2) is 13.4 Å². The molecule has 3 aromatic carbocycles. The highest BCUT2D eigenvalue weighted by Gasteiger charge is 2.21. The minimum Gasteiger partial charge on any atom is -0.280 e. The molecule has 154 valence electrons. The Labute approximate surface area is 189 Å². The molecular formula is C22H18Cl2N2O2S2. The summed E-state index contributed by atoms with van der Waals surface area (Å²) in [5.41, 5.74) is 4.40. The zero-order valence-electron chi connectivity index (χ0n) is 16.5. The van der Waals surface area contributed by atoms with Crippen molar-refractivity contribution in [2.45, 2.75) is 25.7 Å². The lowest BCUT2D eigenvalue weighted by atomic mass is 10.1. The highest BCUT2D eigenvalue weighted by molar-refractivity contribution is 7.92. The number of nitrogens with zero attached hydrogens (tertiary/aromatic N) is 1. The van der Waals surface area contributed by atoms with Crippen molar-refractivity contribution in [1.82, 2.24) is 4.98 Å². The normalized spacial score (nSPS) is 11.8. The molecule has 0 saturated carbocycles. The predicted molar refractivity (Wildman–Crippen MR) is 127 cm³/mol. The molecule has 0 radical (unpaired) electrons. The van der Waals surface area contributed by atoms with Gasteiger partial charge in [0, 0.05) is 10.6 Å². The zero-order chi connectivity index (χ0) is 21.6. The van der Waals surface area contributed by atoms with Crippen molar-refractivity contribution in [3.63, 3.8) is 0 Å². The maximum absolute atomic E-state index is 13.0. The SMILES string of the molecule is Cc1cc(C)c(S(=O)(=O)Nc2ccc(-c3nc4ccc(Cl)cc4s3)c(Cl)c2)c(C)c1. The Kier molecular flexibility index (Phi) is 5.53. The van der Waals surface area contributed by atoms with Crippen LogP contribution in [0.1, 0.15) is 16.7 Å². The Hall–Kier alpha value is -2.12. The van der Waals surface area contributed by atoms with Gasteiger partial charge in [-0.1, -0.05) is 40.9 Å². The van der Waals surface area contributed by atoms with Crippen LogP contribution in [0.5, 0.6) is 0 Å². The molecule has 0 bridgehead atoms. The second-order valence-corrected chi connectivity index (χ2v) is 10.7. The van der Waals surface area contributed by atoms with Crippen LogP contribution in [0.25, 0.3) is 20.8 Å². The molecule has 0 aliphatic carbocycles. The molecule has 8 heteroatoms. The van der Waals surface area contributed by atoms with Crippen molar-refractivity contribution in [2.24, 2.45) is 0 Å². The average molecular weight is 477 g/mol. The van der Waals surface area contributed by atoms with E-state index in [1.165, 1.54) is 11.3 Å². The van der Waals surface area contributed by atoms with Gasteiger partial charge in [-0.25, -0.2) is 13.4 Å². The number of fused-ring (bicyclic) bond motifs is 1. The Balaban J connectivity index is 1.68. The number of nitrogens with one attached hydrogen (secondary N) is 1. The van der Waals surface area contributed by atoms with Gasteiger partial charge >= 0.3 is 0 Å². The molecule has 4 nitrogen and oxygen atoms in total. The molecule has 0 fully saturated rings. The number of hydrogen-bond acceptors (Lipinski definition) is 4. The fraction of sp³-hybridized carbons (Fsp3) is 0.136. The van der Waals surface area contributed by atoms with Gasteiger partial charge < -0.3 is 0 Å². The van der Waals surface area contributed by atoms with E-state index < -0.39 is 10.0 Å². The van der Waals surface area contributed by atoms with E-state index in [-0.39, 0.29) is 4.90 Å². The molecule has 0 atom stereocenters. The lowest BCUT2D eigenvalue weighted by Gasteiger charge is -2.14. The number of hydrogen-bond donors (Lipinski definition) is 1. The summed E-state index contributed by atoms with van der Waals surface area (Å²) >= 11 is 14.0. The maximum atomic E-state index is 13.0. The van der Waals surface area contributed by atoms with Crippen molar-refractivity contribution in [2.75, 3.05) is 4.72 Å². The number of benzene rings is 3. The standard InChI is InChI=1S/C22H18Cl2N2O2S2/c1-12-8-13(2)21(14(3)9-12)30(27,28)26-16-5-6-17(18(24)11-16)22-25-19-7-4-15(23)10-20(19)29-22/h4-11,26H,1-3H3. The summed E-state index contributed by atoms with van der Waals surface area (Å²) in [6.45, 7) is 5.53. The van der Waals surface area contributed by atoms with E-state index >= 15 is 0 Å². The number of halogens is 2. The second-order valence-electron chi connectivity index (χ2n) is 7.16. The number of thiazole rings is 1. The summed E-state index contributed by atoms with van der Waals surface area (Å²) in [4.78, 5) is 4.89. The van der Waals surface area contributed by atoms with E-state index in [2.05, 4.69) is 9.71 Å². The third-order valence-electron chi connectivity index (χ3n) is 4.68. The van der Waals surface area contributed by atoms with Crippen molar-refractivity contribution in [3.8, 4) is 10.6 Å². The largest absolute Gasteiger partial charge is 0.280 e. The van der Waals surface area contributed by atoms with E-state index in [1.54, 1.807) is 38.1 Å². The minimum absolute atomic E-state index is 0.288. The highest BCUT2D eigenvalue weighted by atomic mass is 35.5. The lowest BCUT2D eigenvalue weighted by molar-refractivity contribution is 0.600. The first-order valence-electron chi connectivity index (χ1n) is 9.11. The highest BCUT2D eigenvalue weighted by Crippen LogP contribution is 2.37. The third-order valence-corrected chi connectivity index (χ3v) is 7.96. The average Bonchev–Trinajstić information content (AvgIpc) is 3.02. The minimum atomic E-state index is -3.75. The van der Waals surface area contributed by atoms with Gasteiger partial charge in [0.15, 0.2) is 0 Å². The summed E-state index contributed by atoms with van der Waals surface area (Å²) in [5, 5.41) is 1.81. The monoisotopic (exact) mass is 476 g/mol. The topological polar surface area (TPSA) is 59.1 Å². The van der Waals surface area contributed by atoms with Crippen LogP contribution < -0.4 is 4.72 Å². The fourth-order valence-corrected chi connectivity index (χ4v) is 6.67. The van der Waals surface area contributed by atoms with E-state index in [0.29, 0.717) is 26.9 Å². The van der Waals surface area contributed by atoms with Crippen LogP contribution in [0, 0.1) is 20.8 Å². The maximum Gasteiger partial charge on any atom is 0.262 e. The molecule has 0 amide bonds. The third kappa shape index (κ3) is 4.05. The van der Waals surface area contributed by atoms with E-state index in [1.807, 2.05) is 31.2 Å². The molecular weight excluding hydrogens is 459 g/mol. The van der Waals surface area contributed by atoms with Gasteiger partial charge in [0.05, 0.1) is 25.8 Å². The van der Waals surface area contributed by atoms with Crippen molar-refractivity contribution in [3.05, 3.63) is 75.3 Å². The molecule has 1 aromatic heterocycles. The van der Waals surface area contributed by atoms with Gasteiger partial charge in [-0.2, -0.15) is 0 Å². The first-order valence-corrected chi connectivity index (χ1v) is 12.2. The summed E-state index contributed by atoms with van der Waals surface area (Å²) in [7, 11) is -3.75. The number of rotatable bonds is 4. The van der Waals surface area contributed by atoms with Gasteiger partial charge in [-0.15, -0.1) is 11.3 Å². The predicted octanol–water partition coefficient (Wildman–Crippen LogP) is 7.00. The van der Waals surface area contributed by atoms with Gasteiger partial charge in [-0.3, -0.25) is 4.72 Å². The van der Waals surface area contributed by atoms with Crippen LogP contribution in [-0.2, 0) is 10.0 Å². The zero-order valence-corrected chi connectivity index (χ0v) is 19.6. The first-order chi connectivity index (χ1) is 14.1. The Morgan fingerprint density at radius 1 is 0.933 bits per heavy atom. The van der Waals surface area contributed by atoms with E-state index in [0.717, 1.165) is 26.4 Å². The molecule has 1 N–H and O–H groups in total. The molecule has 0 aliphatic rings. The molecule has 0 aliphatic heterocycles. The van der Waals surface area contributed by atoms with Crippen molar-refractivity contribution in [1.29, 1.82) is 0 Å². The molecule has 0 saturated heterocycles. The van der Waals surface area contributed by atoms with E-state index in [4.69, 9.17) is 23.2 Å². The van der Waals surface area contributed by atoms with Crippen molar-refractivity contribution < 1.29 is 8.42 Å². The quantitative estimate of drug-likeness (QED) is 0.344. The summed E-state index contributed by atoms with van der Waals surface area (Å²) in [6.07, 6.45) is 0. The Morgan fingerprint density at radius 2 is 1.63 bits per heavy atom. The number of aryl methyl sites for hydroxylation is 3. The summed E-state index contributed by atoms with van der Waals surface area (Å²) < 4.78 is 29.6. The molecule has 4 aromatic rings. The molecule has 30 heavy (non-hydrogen) atoms. The first kappa shape index (κ1) is 21.1. The second kappa shape index (κ2) is 7.85. The van der Waals surface area contributed by atoms with Crippen LogP contribution >= 0.6 is 34.5 Å². The van der Waals surface area contributed by atoms with Gasteiger partial charge in [-0.05, 0) is 68.3 Å². The van der Waals surface area contributed by atoms with Crippen LogP contribution in [0.3, 0.4) is 0 Å². The summed E-state index contributed by atoms with van der Waals surface area (Å²) in [6, 6.07) is 14.3. The van der Waals surface area contributed by atoms with E-state index in [9.17, 15) is 8.42 Å². The fourth-order valence-electron chi connectivity index (χ4n) is 3.56. The van der Waals surface area contributed by atoms with Crippen LogP contribution in [0.15, 0.2) is 53.4 Å². The van der Waals surface area contributed by atoms with Crippen molar-refractivity contribution >= 4 is 60.5 Å². The lowest BCUT2D eigenvalue weighted by Crippen LogP contribution is -2.16. The Morgan fingerprint density at radius 3 is 2.30 bits per heavy atom. The molecule has 1 heterocycles. The van der Waals surface area contributed by atoms with Gasteiger partial charge in [0.2, 0.25) is 0 Å². The number of sulfonamides is 1.